The lowest BCUT2D eigenvalue weighted by Crippen LogP contribution is -2.24. The van der Waals surface area contributed by atoms with Crippen molar-refractivity contribution >= 4 is 27.7 Å². The second-order valence-electron chi connectivity index (χ2n) is 6.14. The van der Waals surface area contributed by atoms with E-state index in [0.29, 0.717) is 27.2 Å². The van der Waals surface area contributed by atoms with Gasteiger partial charge in [-0.1, -0.05) is 6.07 Å². The van der Waals surface area contributed by atoms with E-state index in [0.717, 1.165) is 5.56 Å². The highest BCUT2D eigenvalue weighted by atomic mass is 79.9. The molecule has 0 bridgehead atoms. The van der Waals surface area contributed by atoms with Gasteiger partial charge in [-0.3, -0.25) is 14.7 Å². The number of fused-ring (bicyclic) bond motifs is 1. The van der Waals surface area contributed by atoms with Crippen LogP contribution in [-0.2, 0) is 13.2 Å². The summed E-state index contributed by atoms with van der Waals surface area (Å²) in [4.78, 5) is 26.7. The summed E-state index contributed by atoms with van der Waals surface area (Å²) < 4.78 is 20.5. The van der Waals surface area contributed by atoms with Crippen molar-refractivity contribution in [3.05, 3.63) is 75.7 Å². The first kappa shape index (κ1) is 17.5. The third kappa shape index (κ3) is 3.52. The Labute approximate surface area is 163 Å². The van der Waals surface area contributed by atoms with Crippen molar-refractivity contribution in [2.45, 2.75) is 20.1 Å². The van der Waals surface area contributed by atoms with Gasteiger partial charge in [0.25, 0.3) is 5.91 Å². The molecule has 0 radical (unpaired) electrons. The Balaban J connectivity index is 1.56. The van der Waals surface area contributed by atoms with Crippen LogP contribution in [0.1, 0.15) is 27.2 Å². The van der Waals surface area contributed by atoms with Crippen molar-refractivity contribution in [3.8, 4) is 5.75 Å². The van der Waals surface area contributed by atoms with Gasteiger partial charge in [0.15, 0.2) is 17.4 Å². The number of anilines is 1. The number of hydrogen-bond donors (Lipinski definition) is 0. The first-order valence-corrected chi connectivity index (χ1v) is 8.97. The van der Waals surface area contributed by atoms with Crippen LogP contribution in [0.3, 0.4) is 0 Å². The van der Waals surface area contributed by atoms with E-state index in [2.05, 4.69) is 30.9 Å². The summed E-state index contributed by atoms with van der Waals surface area (Å²) in [6.07, 6.45) is 4.72. The number of carbonyl (C=O) groups excluding carboxylic acids is 1. The molecule has 8 heteroatoms. The molecule has 6 nitrogen and oxygen atoms in total. The molecule has 1 amide bonds. The van der Waals surface area contributed by atoms with E-state index < -0.39 is 5.82 Å². The third-order valence-electron chi connectivity index (χ3n) is 4.19. The summed E-state index contributed by atoms with van der Waals surface area (Å²) in [6.45, 7) is 2.29. The molecule has 0 aliphatic carbocycles. The minimum atomic E-state index is -0.516. The third-order valence-corrected chi connectivity index (χ3v) is 4.60. The molecule has 3 aromatic rings. The average molecular weight is 429 g/mol. The zero-order valence-electron chi connectivity index (χ0n) is 14.3. The van der Waals surface area contributed by atoms with Gasteiger partial charge in [0.05, 0.1) is 24.6 Å². The second-order valence-corrected chi connectivity index (χ2v) is 6.96. The van der Waals surface area contributed by atoms with E-state index >= 15 is 0 Å². The lowest BCUT2D eigenvalue weighted by Gasteiger charge is -2.13. The van der Waals surface area contributed by atoms with Gasteiger partial charge in [0.2, 0.25) is 0 Å². The fourth-order valence-electron chi connectivity index (χ4n) is 2.79. The van der Waals surface area contributed by atoms with Crippen LogP contribution >= 0.6 is 15.9 Å². The molecule has 1 aliphatic heterocycles. The van der Waals surface area contributed by atoms with E-state index in [1.807, 2.05) is 19.1 Å². The molecule has 0 saturated heterocycles. The van der Waals surface area contributed by atoms with Crippen LogP contribution in [0, 0.1) is 12.7 Å². The maximum atomic E-state index is 14.4. The standard InChI is InChI=1S/C19H14BrFN4O2/c1-11-2-3-13(22-6-11)10-27-16-5-14-12(4-15(16)21)9-25(19(14)26)18-8-23-17(20)7-24-18/h2-8H,9-10H2,1H3. The van der Waals surface area contributed by atoms with E-state index in [-0.39, 0.29) is 24.8 Å². The molecule has 4 rings (SSSR count). The number of rotatable bonds is 4. The summed E-state index contributed by atoms with van der Waals surface area (Å²) in [6, 6.07) is 6.50. The average Bonchev–Trinajstić information content (AvgIpc) is 2.97. The number of pyridine rings is 1. The predicted molar refractivity (Wildman–Crippen MR) is 100.0 cm³/mol. The molecule has 136 valence electrons. The highest BCUT2D eigenvalue weighted by Crippen LogP contribution is 2.32. The predicted octanol–water partition coefficient (Wildman–Crippen LogP) is 3.82. The molecule has 3 heterocycles. The van der Waals surface area contributed by atoms with Crippen LogP contribution in [0.2, 0.25) is 0 Å². The number of nitrogens with zero attached hydrogens (tertiary/aromatic N) is 4. The maximum Gasteiger partial charge on any atom is 0.260 e. The molecule has 0 N–H and O–H groups in total. The summed E-state index contributed by atoms with van der Waals surface area (Å²) in [5, 5.41) is 0. The van der Waals surface area contributed by atoms with Gasteiger partial charge >= 0.3 is 0 Å². The lowest BCUT2D eigenvalue weighted by atomic mass is 10.1. The molecule has 0 spiro atoms. The molecule has 0 fully saturated rings. The first-order valence-electron chi connectivity index (χ1n) is 8.17. The van der Waals surface area contributed by atoms with Crippen LogP contribution in [-0.4, -0.2) is 20.9 Å². The Morgan fingerprint density at radius 2 is 2.04 bits per heavy atom. The van der Waals surface area contributed by atoms with Crippen molar-refractivity contribution < 1.29 is 13.9 Å². The van der Waals surface area contributed by atoms with Gasteiger partial charge in [0.1, 0.15) is 11.2 Å². The molecule has 27 heavy (non-hydrogen) atoms. The Morgan fingerprint density at radius 1 is 1.19 bits per heavy atom. The molecule has 2 aromatic heterocycles. The van der Waals surface area contributed by atoms with Crippen LogP contribution in [0.25, 0.3) is 0 Å². The Morgan fingerprint density at radius 3 is 2.74 bits per heavy atom. The summed E-state index contributed by atoms with van der Waals surface area (Å²) in [5.41, 5.74) is 2.69. The highest BCUT2D eigenvalue weighted by molar-refractivity contribution is 9.10. The van der Waals surface area contributed by atoms with Gasteiger partial charge in [-0.05, 0) is 52.2 Å². The van der Waals surface area contributed by atoms with Gasteiger partial charge in [-0.25, -0.2) is 14.4 Å². The second kappa shape index (κ2) is 7.03. The number of benzene rings is 1. The zero-order valence-corrected chi connectivity index (χ0v) is 15.9. The zero-order chi connectivity index (χ0) is 19.0. The fraction of sp³-hybridized carbons (Fsp3) is 0.158. The van der Waals surface area contributed by atoms with Gasteiger partial charge < -0.3 is 4.74 Å². The van der Waals surface area contributed by atoms with Crippen LogP contribution < -0.4 is 9.64 Å². The monoisotopic (exact) mass is 428 g/mol. The number of amides is 1. The van der Waals surface area contributed by atoms with E-state index in [4.69, 9.17) is 4.74 Å². The topological polar surface area (TPSA) is 68.2 Å². The largest absolute Gasteiger partial charge is 0.484 e. The van der Waals surface area contributed by atoms with Crippen LogP contribution in [0.4, 0.5) is 10.2 Å². The Kier molecular flexibility index (Phi) is 4.57. The molecular weight excluding hydrogens is 415 g/mol. The quantitative estimate of drug-likeness (QED) is 0.631. The van der Waals surface area contributed by atoms with Crippen molar-refractivity contribution in [2.24, 2.45) is 0 Å². The summed E-state index contributed by atoms with van der Waals surface area (Å²) >= 11 is 3.21. The number of halogens is 2. The van der Waals surface area contributed by atoms with Crippen molar-refractivity contribution in [2.75, 3.05) is 4.90 Å². The van der Waals surface area contributed by atoms with Gasteiger partial charge in [-0.15, -0.1) is 0 Å². The lowest BCUT2D eigenvalue weighted by molar-refractivity contribution is 0.0995. The van der Waals surface area contributed by atoms with Crippen molar-refractivity contribution in [1.29, 1.82) is 0 Å². The maximum absolute atomic E-state index is 14.4. The van der Waals surface area contributed by atoms with Gasteiger partial charge in [0, 0.05) is 11.8 Å². The Hall–Kier alpha value is -2.87. The van der Waals surface area contributed by atoms with E-state index in [9.17, 15) is 9.18 Å². The molecule has 1 aliphatic rings. The molecule has 0 atom stereocenters. The molecule has 0 unspecified atom stereocenters. The normalized spacial score (nSPS) is 13.0. The van der Waals surface area contributed by atoms with Gasteiger partial charge in [-0.2, -0.15) is 0 Å². The number of hydrogen-bond acceptors (Lipinski definition) is 5. The van der Waals surface area contributed by atoms with E-state index in [1.165, 1.54) is 29.4 Å². The highest BCUT2D eigenvalue weighted by Gasteiger charge is 2.31. The Bertz CT molecular complexity index is 1010. The molecule has 1 aromatic carbocycles. The molecular formula is C19H14BrFN4O2. The number of ether oxygens (including phenoxy) is 1. The van der Waals surface area contributed by atoms with Crippen molar-refractivity contribution in [1.82, 2.24) is 15.0 Å². The minimum Gasteiger partial charge on any atom is -0.484 e. The van der Waals surface area contributed by atoms with Crippen LogP contribution in [0.15, 0.2) is 47.5 Å². The summed E-state index contributed by atoms with van der Waals surface area (Å²) in [5.74, 6) is -0.350. The number of aromatic nitrogens is 3. The number of aryl methyl sites for hydroxylation is 1. The van der Waals surface area contributed by atoms with E-state index in [1.54, 1.807) is 6.20 Å². The smallest absolute Gasteiger partial charge is 0.260 e. The SMILES string of the molecule is Cc1ccc(COc2cc3c(cc2F)CN(c2cnc(Br)cn2)C3=O)nc1. The number of carbonyl (C=O) groups is 1. The van der Waals surface area contributed by atoms with Crippen LogP contribution in [0.5, 0.6) is 5.75 Å². The minimum absolute atomic E-state index is 0.0215. The summed E-state index contributed by atoms with van der Waals surface area (Å²) in [7, 11) is 0. The first-order chi connectivity index (χ1) is 13.0. The molecule has 0 saturated carbocycles. The fourth-order valence-corrected chi connectivity index (χ4v) is 2.99. The van der Waals surface area contributed by atoms with Crippen molar-refractivity contribution in [3.63, 3.8) is 0 Å².